The monoisotopic (exact) mass is 387 g/mol. The number of anilines is 1. The highest BCUT2D eigenvalue weighted by Gasteiger charge is 2.20. The summed E-state index contributed by atoms with van der Waals surface area (Å²) in [7, 11) is 1.57. The molecule has 2 heterocycles. The number of aromatic nitrogens is 1. The molecule has 7 heteroatoms. The van der Waals surface area contributed by atoms with Crippen LogP contribution in [-0.4, -0.2) is 34.4 Å². The summed E-state index contributed by atoms with van der Waals surface area (Å²) >= 11 is 5.84. The molecule has 1 aromatic carbocycles. The second-order valence-electron chi connectivity index (χ2n) is 6.73. The lowest BCUT2D eigenvalue weighted by molar-refractivity contribution is 0.0760. The number of amides is 2. The average molecular weight is 388 g/mol. The van der Waals surface area contributed by atoms with Crippen LogP contribution in [-0.2, 0) is 7.05 Å². The van der Waals surface area contributed by atoms with E-state index in [2.05, 4.69) is 5.32 Å². The molecule has 0 aliphatic carbocycles. The first-order valence-electron chi connectivity index (χ1n) is 9.02. The minimum Gasteiger partial charge on any atom is -0.339 e. The summed E-state index contributed by atoms with van der Waals surface area (Å²) in [5.74, 6) is -0.544. The van der Waals surface area contributed by atoms with Crippen molar-refractivity contribution in [3.05, 3.63) is 63.0 Å². The van der Waals surface area contributed by atoms with E-state index in [0.717, 1.165) is 25.7 Å². The van der Waals surface area contributed by atoms with Crippen LogP contribution in [0.15, 0.2) is 41.3 Å². The van der Waals surface area contributed by atoms with Gasteiger partial charge in [0.2, 0.25) is 0 Å². The Hall–Kier alpha value is -2.60. The van der Waals surface area contributed by atoms with E-state index in [1.165, 1.54) is 16.8 Å². The zero-order valence-electron chi connectivity index (χ0n) is 15.2. The first-order valence-corrected chi connectivity index (χ1v) is 9.40. The molecule has 1 aliphatic rings. The highest BCUT2D eigenvalue weighted by Crippen LogP contribution is 2.16. The fourth-order valence-corrected chi connectivity index (χ4v) is 3.30. The number of nitrogens with zero attached hydrogens (tertiary/aromatic N) is 2. The van der Waals surface area contributed by atoms with Crippen LogP contribution < -0.4 is 10.9 Å². The fourth-order valence-electron chi connectivity index (χ4n) is 3.17. The molecule has 0 unspecified atom stereocenters. The maximum Gasteiger partial charge on any atom is 0.274 e. The number of carbonyl (C=O) groups is 2. The number of hydrogen-bond donors (Lipinski definition) is 1. The van der Waals surface area contributed by atoms with Crippen LogP contribution in [0.25, 0.3) is 0 Å². The number of hydrogen-bond acceptors (Lipinski definition) is 3. The molecule has 2 aromatic rings. The fraction of sp³-hybridized carbons (Fsp3) is 0.350. The molecule has 1 aliphatic heterocycles. The highest BCUT2D eigenvalue weighted by molar-refractivity contribution is 6.30. The average Bonchev–Trinajstić information content (AvgIpc) is 2.94. The van der Waals surface area contributed by atoms with Gasteiger partial charge in [-0.15, -0.1) is 0 Å². The number of carbonyl (C=O) groups excluding carboxylic acids is 2. The second kappa shape index (κ2) is 8.39. The van der Waals surface area contributed by atoms with Crippen molar-refractivity contribution in [2.45, 2.75) is 25.7 Å². The zero-order chi connectivity index (χ0) is 19.4. The van der Waals surface area contributed by atoms with Crippen molar-refractivity contribution < 1.29 is 9.59 Å². The normalized spacial score (nSPS) is 14.5. The van der Waals surface area contributed by atoms with E-state index in [1.54, 1.807) is 31.3 Å². The van der Waals surface area contributed by atoms with Gasteiger partial charge >= 0.3 is 0 Å². The Bertz CT molecular complexity index is 898. The molecular weight excluding hydrogens is 366 g/mol. The van der Waals surface area contributed by atoms with Crippen molar-refractivity contribution in [2.75, 3.05) is 18.4 Å². The van der Waals surface area contributed by atoms with Gasteiger partial charge in [-0.2, -0.15) is 0 Å². The lowest BCUT2D eigenvalue weighted by Gasteiger charge is -2.21. The van der Waals surface area contributed by atoms with Gasteiger partial charge in [0.25, 0.3) is 17.4 Å². The first-order chi connectivity index (χ1) is 13.0. The van der Waals surface area contributed by atoms with Gasteiger partial charge in [-0.05, 0) is 43.2 Å². The number of rotatable bonds is 3. The number of benzene rings is 1. The molecule has 0 atom stereocenters. The molecule has 6 nitrogen and oxygen atoms in total. The summed E-state index contributed by atoms with van der Waals surface area (Å²) in [4.78, 5) is 39.5. The number of aryl methyl sites for hydroxylation is 1. The molecule has 142 valence electrons. The van der Waals surface area contributed by atoms with Crippen LogP contribution in [0, 0.1) is 0 Å². The molecule has 27 heavy (non-hydrogen) atoms. The predicted molar refractivity (Wildman–Crippen MR) is 105 cm³/mol. The molecular formula is C20H22ClN3O3. The van der Waals surface area contributed by atoms with Crippen LogP contribution in [0.1, 0.15) is 46.4 Å². The van der Waals surface area contributed by atoms with Crippen LogP contribution in [0.2, 0.25) is 5.02 Å². The third-order valence-electron chi connectivity index (χ3n) is 4.68. The Morgan fingerprint density at radius 2 is 1.63 bits per heavy atom. The summed E-state index contributed by atoms with van der Waals surface area (Å²) in [5.41, 5.74) is 0.485. The van der Waals surface area contributed by atoms with E-state index in [-0.39, 0.29) is 17.2 Å². The maximum absolute atomic E-state index is 12.8. The summed E-state index contributed by atoms with van der Waals surface area (Å²) in [5, 5.41) is 3.13. The van der Waals surface area contributed by atoms with Gasteiger partial charge in [0.15, 0.2) is 0 Å². The molecule has 0 bridgehead atoms. The van der Waals surface area contributed by atoms with E-state index in [4.69, 9.17) is 11.6 Å². The van der Waals surface area contributed by atoms with Crippen LogP contribution in [0.5, 0.6) is 0 Å². The number of nitrogens with one attached hydrogen (secondary N) is 1. The van der Waals surface area contributed by atoms with E-state index >= 15 is 0 Å². The van der Waals surface area contributed by atoms with Crippen molar-refractivity contribution in [1.29, 1.82) is 0 Å². The first kappa shape index (κ1) is 19.2. The van der Waals surface area contributed by atoms with Crippen molar-refractivity contribution >= 4 is 29.1 Å². The Labute approximate surface area is 162 Å². The molecule has 3 rings (SSSR count). The van der Waals surface area contributed by atoms with E-state index in [1.807, 2.05) is 4.90 Å². The third-order valence-corrected chi connectivity index (χ3v) is 4.93. The van der Waals surface area contributed by atoms with Gasteiger partial charge < -0.3 is 14.8 Å². The Kier molecular flexibility index (Phi) is 5.96. The van der Waals surface area contributed by atoms with Gasteiger partial charge in [-0.1, -0.05) is 24.4 Å². The lowest BCUT2D eigenvalue weighted by atomic mass is 10.2. The lowest BCUT2D eigenvalue weighted by Crippen LogP contribution is -2.33. The quantitative estimate of drug-likeness (QED) is 0.878. The second-order valence-corrected chi connectivity index (χ2v) is 7.16. The predicted octanol–water partition coefficient (Wildman–Crippen LogP) is 3.31. The largest absolute Gasteiger partial charge is 0.339 e. The van der Waals surface area contributed by atoms with Gasteiger partial charge in [-0.3, -0.25) is 14.4 Å². The van der Waals surface area contributed by atoms with Crippen molar-refractivity contribution in [2.24, 2.45) is 7.05 Å². The molecule has 1 N–H and O–H groups in total. The summed E-state index contributed by atoms with van der Waals surface area (Å²) < 4.78 is 1.32. The van der Waals surface area contributed by atoms with E-state index in [0.29, 0.717) is 29.2 Å². The van der Waals surface area contributed by atoms with Crippen LogP contribution in [0.3, 0.4) is 0 Å². The summed E-state index contributed by atoms with van der Waals surface area (Å²) in [6.07, 6.45) is 5.74. The number of likely N-dealkylation sites (tertiary alicyclic amines) is 1. The van der Waals surface area contributed by atoms with Crippen LogP contribution in [0.4, 0.5) is 5.69 Å². The Morgan fingerprint density at radius 1 is 1.00 bits per heavy atom. The maximum atomic E-state index is 12.8. The molecule has 2 amide bonds. The SMILES string of the molecule is Cn1cc(C(=O)N2CCCCCC2)cc(NC(=O)c2ccc(Cl)cc2)c1=O. The molecule has 0 saturated carbocycles. The topological polar surface area (TPSA) is 71.4 Å². The van der Waals surface area contributed by atoms with E-state index in [9.17, 15) is 14.4 Å². The number of halogens is 1. The zero-order valence-corrected chi connectivity index (χ0v) is 16.0. The minimum absolute atomic E-state index is 0.0816. The van der Waals surface area contributed by atoms with Crippen molar-refractivity contribution in [1.82, 2.24) is 9.47 Å². The van der Waals surface area contributed by atoms with Gasteiger partial charge in [0.1, 0.15) is 5.69 Å². The van der Waals surface area contributed by atoms with E-state index < -0.39 is 5.91 Å². The Balaban J connectivity index is 1.85. The van der Waals surface area contributed by atoms with Gasteiger partial charge in [0.05, 0.1) is 5.56 Å². The van der Waals surface area contributed by atoms with Crippen molar-refractivity contribution in [3.63, 3.8) is 0 Å². The molecule has 1 saturated heterocycles. The molecule has 0 spiro atoms. The van der Waals surface area contributed by atoms with Gasteiger partial charge in [0, 0.05) is 36.9 Å². The van der Waals surface area contributed by atoms with Crippen molar-refractivity contribution in [3.8, 4) is 0 Å². The van der Waals surface area contributed by atoms with Gasteiger partial charge in [-0.25, -0.2) is 0 Å². The molecule has 0 radical (unpaired) electrons. The van der Waals surface area contributed by atoms with Crippen LogP contribution >= 0.6 is 11.6 Å². The third kappa shape index (κ3) is 4.57. The minimum atomic E-state index is -0.428. The Morgan fingerprint density at radius 3 is 2.26 bits per heavy atom. The smallest absolute Gasteiger partial charge is 0.274 e. The highest BCUT2D eigenvalue weighted by atomic mass is 35.5. The summed E-state index contributed by atoms with van der Waals surface area (Å²) in [6, 6.07) is 7.83. The summed E-state index contributed by atoms with van der Waals surface area (Å²) in [6.45, 7) is 1.43. The molecule has 1 fully saturated rings. The number of pyridine rings is 1. The standard InChI is InChI=1S/C20H22ClN3O3/c1-23-13-15(19(26)24-10-4-2-3-5-11-24)12-17(20(23)27)22-18(25)14-6-8-16(21)9-7-14/h6-9,12-13H,2-5,10-11H2,1H3,(H,22,25). The molecule has 1 aromatic heterocycles.